The summed E-state index contributed by atoms with van der Waals surface area (Å²) >= 11 is 0. The van der Waals surface area contributed by atoms with E-state index in [1.807, 2.05) is 0 Å². The molecule has 28 heavy (non-hydrogen) atoms. The maximum Gasteiger partial charge on any atom is 0.418 e. The minimum Gasteiger partial charge on any atom is -0.321 e. The molecule has 1 heterocycles. The Morgan fingerprint density at radius 3 is 2.36 bits per heavy atom. The van der Waals surface area contributed by atoms with Crippen LogP contribution in [0.3, 0.4) is 0 Å². The average Bonchev–Trinajstić information content (AvgIpc) is 2.65. The number of benzene rings is 2. The van der Waals surface area contributed by atoms with Gasteiger partial charge >= 0.3 is 6.18 Å². The van der Waals surface area contributed by atoms with Crippen LogP contribution in [-0.4, -0.2) is 10.5 Å². The molecule has 0 aliphatic carbocycles. The van der Waals surface area contributed by atoms with Crippen molar-refractivity contribution < 1.29 is 22.4 Å². The van der Waals surface area contributed by atoms with E-state index in [0.29, 0.717) is 0 Å². The summed E-state index contributed by atoms with van der Waals surface area (Å²) in [6, 6.07) is 12.7. The molecule has 0 saturated carbocycles. The fourth-order valence-electron chi connectivity index (χ4n) is 2.63. The van der Waals surface area contributed by atoms with Crippen molar-refractivity contribution in [1.29, 1.82) is 0 Å². The van der Waals surface area contributed by atoms with Crippen molar-refractivity contribution >= 4 is 11.6 Å². The summed E-state index contributed by atoms with van der Waals surface area (Å²) in [7, 11) is 0. The van der Waals surface area contributed by atoms with Crippen molar-refractivity contribution in [2.75, 3.05) is 5.32 Å². The number of anilines is 1. The molecule has 0 fully saturated rings. The van der Waals surface area contributed by atoms with Crippen LogP contribution in [0.4, 0.5) is 23.2 Å². The minimum absolute atomic E-state index is 0.0343. The number of aromatic nitrogens is 1. The summed E-state index contributed by atoms with van der Waals surface area (Å²) in [5.41, 5.74) is -1.65. The second-order valence-electron chi connectivity index (χ2n) is 5.97. The highest BCUT2D eigenvalue weighted by Crippen LogP contribution is 2.34. The number of para-hydroxylation sites is 1. The van der Waals surface area contributed by atoms with Gasteiger partial charge in [0.2, 0.25) is 0 Å². The Morgan fingerprint density at radius 1 is 0.964 bits per heavy atom. The van der Waals surface area contributed by atoms with Gasteiger partial charge in [0.25, 0.3) is 11.5 Å². The van der Waals surface area contributed by atoms with Crippen LogP contribution in [0, 0.1) is 5.82 Å². The number of hydrogen-bond acceptors (Lipinski definition) is 2. The number of nitrogens with one attached hydrogen (secondary N) is 1. The number of alkyl halides is 3. The van der Waals surface area contributed by atoms with E-state index in [-0.39, 0.29) is 17.7 Å². The fourth-order valence-corrected chi connectivity index (χ4v) is 2.63. The molecule has 0 spiro atoms. The number of carbonyl (C=O) groups is 1. The van der Waals surface area contributed by atoms with Gasteiger partial charge in [-0.15, -0.1) is 0 Å². The van der Waals surface area contributed by atoms with Crippen LogP contribution in [0.1, 0.15) is 21.5 Å². The van der Waals surface area contributed by atoms with Crippen molar-refractivity contribution in [3.8, 4) is 0 Å². The third kappa shape index (κ3) is 4.28. The molecule has 3 rings (SSSR count). The monoisotopic (exact) mass is 390 g/mol. The zero-order chi connectivity index (χ0) is 20.3. The van der Waals surface area contributed by atoms with Crippen LogP contribution in [-0.2, 0) is 12.7 Å². The number of hydrogen-bond donors (Lipinski definition) is 1. The maximum atomic E-state index is 13.8. The molecule has 144 valence electrons. The predicted molar refractivity (Wildman–Crippen MR) is 95.6 cm³/mol. The number of pyridine rings is 1. The Morgan fingerprint density at radius 2 is 1.64 bits per heavy atom. The standard InChI is InChI=1S/C20H14F4N2O2/c21-16-7-3-1-5-13(16)11-26-12-14(9-10-18(26)27)19(28)25-17-8-4-2-6-15(17)20(22,23)24/h1-10,12H,11H2,(H,25,28). The molecule has 1 N–H and O–H groups in total. The molecule has 0 bridgehead atoms. The molecule has 3 aromatic rings. The van der Waals surface area contributed by atoms with Gasteiger partial charge in [-0.25, -0.2) is 4.39 Å². The SMILES string of the molecule is O=C(Nc1ccccc1C(F)(F)F)c1ccc(=O)n(Cc2ccccc2F)c1. The van der Waals surface area contributed by atoms with Crippen molar-refractivity contribution in [3.05, 3.63) is 99.7 Å². The van der Waals surface area contributed by atoms with E-state index < -0.39 is 34.7 Å². The van der Waals surface area contributed by atoms with Crippen LogP contribution < -0.4 is 10.9 Å². The molecule has 1 aromatic heterocycles. The Bertz CT molecular complexity index is 1070. The fraction of sp³-hybridized carbons (Fsp3) is 0.100. The van der Waals surface area contributed by atoms with Gasteiger partial charge in [-0.05, 0) is 24.3 Å². The Kier molecular flexibility index (Phi) is 5.30. The number of amides is 1. The first-order valence-electron chi connectivity index (χ1n) is 8.17. The third-order valence-corrected chi connectivity index (χ3v) is 4.02. The molecule has 0 aliphatic rings. The Labute approximate surface area is 157 Å². The zero-order valence-corrected chi connectivity index (χ0v) is 14.3. The van der Waals surface area contributed by atoms with Crippen LogP contribution in [0.25, 0.3) is 0 Å². The van der Waals surface area contributed by atoms with Crippen molar-refractivity contribution in [3.63, 3.8) is 0 Å². The lowest BCUT2D eigenvalue weighted by atomic mass is 10.1. The van der Waals surface area contributed by atoms with Crippen LogP contribution in [0.15, 0.2) is 71.7 Å². The molecule has 0 atom stereocenters. The first-order chi connectivity index (χ1) is 13.3. The van der Waals surface area contributed by atoms with Gasteiger partial charge in [-0.3, -0.25) is 9.59 Å². The van der Waals surface area contributed by atoms with E-state index in [2.05, 4.69) is 5.32 Å². The lowest BCUT2D eigenvalue weighted by Gasteiger charge is -2.14. The quantitative estimate of drug-likeness (QED) is 0.675. The Hall–Kier alpha value is -3.42. The summed E-state index contributed by atoms with van der Waals surface area (Å²) in [5, 5.41) is 2.21. The molecule has 2 aromatic carbocycles. The molecular formula is C20H14F4N2O2. The second kappa shape index (κ2) is 7.67. The third-order valence-electron chi connectivity index (χ3n) is 4.02. The van der Waals surface area contributed by atoms with Gasteiger partial charge in [-0.2, -0.15) is 13.2 Å². The van der Waals surface area contributed by atoms with Gasteiger partial charge in [0, 0.05) is 17.8 Å². The highest BCUT2D eigenvalue weighted by molar-refractivity contribution is 6.04. The number of nitrogens with zero attached hydrogens (tertiary/aromatic N) is 1. The number of carbonyl (C=O) groups excluding carboxylic acids is 1. The van der Waals surface area contributed by atoms with Crippen molar-refractivity contribution in [1.82, 2.24) is 4.57 Å². The molecule has 0 aliphatic heterocycles. The maximum absolute atomic E-state index is 13.8. The first kappa shape index (κ1) is 19.3. The Balaban J connectivity index is 1.88. The lowest BCUT2D eigenvalue weighted by Crippen LogP contribution is -2.23. The van der Waals surface area contributed by atoms with E-state index in [0.717, 1.165) is 22.8 Å². The minimum atomic E-state index is -4.63. The van der Waals surface area contributed by atoms with E-state index in [1.165, 1.54) is 42.6 Å². The number of halogens is 4. The van der Waals surface area contributed by atoms with Crippen LogP contribution in [0.2, 0.25) is 0 Å². The molecule has 4 nitrogen and oxygen atoms in total. The van der Waals surface area contributed by atoms with Gasteiger partial charge in [-0.1, -0.05) is 30.3 Å². The zero-order valence-electron chi connectivity index (χ0n) is 14.3. The lowest BCUT2D eigenvalue weighted by molar-refractivity contribution is -0.136. The van der Waals surface area contributed by atoms with Gasteiger partial charge < -0.3 is 9.88 Å². The summed E-state index contributed by atoms with van der Waals surface area (Å²) < 4.78 is 54.1. The summed E-state index contributed by atoms with van der Waals surface area (Å²) in [6.45, 7) is -0.119. The molecule has 0 radical (unpaired) electrons. The second-order valence-corrected chi connectivity index (χ2v) is 5.97. The molecule has 1 amide bonds. The molecular weight excluding hydrogens is 376 g/mol. The van der Waals surface area contributed by atoms with Crippen molar-refractivity contribution in [2.45, 2.75) is 12.7 Å². The average molecular weight is 390 g/mol. The topological polar surface area (TPSA) is 51.1 Å². The first-order valence-corrected chi connectivity index (χ1v) is 8.17. The molecule has 8 heteroatoms. The predicted octanol–water partition coefficient (Wildman–Crippen LogP) is 4.31. The molecule has 0 unspecified atom stereocenters. The number of rotatable bonds is 4. The van der Waals surface area contributed by atoms with Gasteiger partial charge in [0.05, 0.1) is 23.4 Å². The van der Waals surface area contributed by atoms with E-state index >= 15 is 0 Å². The summed E-state index contributed by atoms with van der Waals surface area (Å²) in [6.07, 6.45) is -3.45. The smallest absolute Gasteiger partial charge is 0.321 e. The van der Waals surface area contributed by atoms with E-state index in [1.54, 1.807) is 6.07 Å². The highest BCUT2D eigenvalue weighted by Gasteiger charge is 2.33. The van der Waals surface area contributed by atoms with E-state index in [9.17, 15) is 27.2 Å². The largest absolute Gasteiger partial charge is 0.418 e. The molecule has 0 saturated heterocycles. The highest BCUT2D eigenvalue weighted by atomic mass is 19.4. The normalized spacial score (nSPS) is 11.3. The van der Waals surface area contributed by atoms with Crippen LogP contribution >= 0.6 is 0 Å². The van der Waals surface area contributed by atoms with Gasteiger partial charge in [0.1, 0.15) is 5.82 Å². The summed E-state index contributed by atoms with van der Waals surface area (Å²) in [4.78, 5) is 24.4. The van der Waals surface area contributed by atoms with E-state index in [4.69, 9.17) is 0 Å². The van der Waals surface area contributed by atoms with Crippen molar-refractivity contribution in [2.24, 2.45) is 0 Å². The van der Waals surface area contributed by atoms with Gasteiger partial charge in [0.15, 0.2) is 0 Å². The van der Waals surface area contributed by atoms with Crippen LogP contribution in [0.5, 0.6) is 0 Å². The summed E-state index contributed by atoms with van der Waals surface area (Å²) in [5.74, 6) is -1.33.